The van der Waals surface area contributed by atoms with E-state index >= 15 is 0 Å². The first-order chi connectivity index (χ1) is 12.2. The van der Waals surface area contributed by atoms with Gasteiger partial charge in [-0.1, -0.05) is 0 Å². The van der Waals surface area contributed by atoms with Gasteiger partial charge in [0.1, 0.15) is 5.82 Å². The van der Waals surface area contributed by atoms with E-state index in [0.717, 1.165) is 19.1 Å². The van der Waals surface area contributed by atoms with Gasteiger partial charge in [-0.2, -0.15) is 0 Å². The second kappa shape index (κ2) is 8.88. The van der Waals surface area contributed by atoms with Crippen LogP contribution in [0.2, 0.25) is 0 Å². The van der Waals surface area contributed by atoms with Crippen molar-refractivity contribution in [2.24, 2.45) is 0 Å². The lowest BCUT2D eigenvalue weighted by atomic mass is 9.89. The van der Waals surface area contributed by atoms with Crippen LogP contribution in [0, 0.1) is 15.9 Å². The summed E-state index contributed by atoms with van der Waals surface area (Å²) in [7, 11) is 0. The Morgan fingerprint density at radius 1 is 1.19 bits per heavy atom. The van der Waals surface area contributed by atoms with E-state index in [1.54, 1.807) is 0 Å². The summed E-state index contributed by atoms with van der Waals surface area (Å²) in [6, 6.07) is 2.66. The number of esters is 2. The number of ether oxygens (including phenoxy) is 2. The van der Waals surface area contributed by atoms with Gasteiger partial charge in [0.2, 0.25) is 11.4 Å². The minimum atomic E-state index is -2.33. The molecule has 0 fully saturated rings. The summed E-state index contributed by atoms with van der Waals surface area (Å²) in [4.78, 5) is 46.9. The van der Waals surface area contributed by atoms with Gasteiger partial charge >= 0.3 is 11.9 Å². The SMILES string of the molecule is CCOC(=O)C(Cc1ccc(F)cc1[N+](=O)[O-])(NC(C)=O)C(=O)OCC. The first-order valence-electron chi connectivity index (χ1n) is 7.74. The third-order valence-electron chi connectivity index (χ3n) is 3.34. The Kier molecular flexibility index (Phi) is 7.17. The molecule has 0 atom stereocenters. The molecule has 1 amide bonds. The zero-order chi connectivity index (χ0) is 19.9. The van der Waals surface area contributed by atoms with Crippen molar-refractivity contribution in [2.75, 3.05) is 13.2 Å². The Morgan fingerprint density at radius 2 is 1.73 bits per heavy atom. The summed E-state index contributed by atoms with van der Waals surface area (Å²) in [6.45, 7) is 3.83. The molecule has 0 spiro atoms. The van der Waals surface area contributed by atoms with Crippen LogP contribution >= 0.6 is 0 Å². The number of rotatable bonds is 8. The number of hydrogen-bond acceptors (Lipinski definition) is 7. The molecule has 142 valence electrons. The van der Waals surface area contributed by atoms with Crippen molar-refractivity contribution >= 4 is 23.5 Å². The van der Waals surface area contributed by atoms with Crippen LogP contribution in [0.5, 0.6) is 0 Å². The standard InChI is InChI=1S/C16H19FN2O7/c1-4-25-14(21)16(18-10(3)20,15(22)26-5-2)9-11-6-7-12(17)8-13(11)19(23)24/h6-8H,4-5,9H2,1-3H3,(H,18,20). The maximum atomic E-state index is 13.4. The minimum Gasteiger partial charge on any atom is -0.464 e. The summed E-state index contributed by atoms with van der Waals surface area (Å²) in [5, 5.41) is 13.4. The van der Waals surface area contributed by atoms with Gasteiger partial charge < -0.3 is 14.8 Å². The Morgan fingerprint density at radius 3 is 2.15 bits per heavy atom. The number of halogens is 1. The highest BCUT2D eigenvalue weighted by atomic mass is 19.1. The molecule has 0 unspecified atom stereocenters. The lowest BCUT2D eigenvalue weighted by molar-refractivity contribution is -0.385. The Labute approximate surface area is 148 Å². The van der Waals surface area contributed by atoms with Crippen molar-refractivity contribution in [3.8, 4) is 0 Å². The number of carbonyl (C=O) groups is 3. The Hall–Kier alpha value is -3.04. The fourth-order valence-corrected chi connectivity index (χ4v) is 2.33. The van der Waals surface area contributed by atoms with Crippen molar-refractivity contribution < 1.29 is 33.2 Å². The van der Waals surface area contributed by atoms with Crippen molar-refractivity contribution in [3.05, 3.63) is 39.7 Å². The summed E-state index contributed by atoms with van der Waals surface area (Å²) in [6.07, 6.45) is -0.638. The van der Waals surface area contributed by atoms with Crippen molar-refractivity contribution in [3.63, 3.8) is 0 Å². The van der Waals surface area contributed by atoms with Gasteiger partial charge in [0.25, 0.3) is 5.69 Å². The molecule has 0 aliphatic heterocycles. The molecule has 0 bridgehead atoms. The Balaban J connectivity index is 3.53. The number of nitrogens with one attached hydrogen (secondary N) is 1. The van der Waals surface area contributed by atoms with Gasteiger partial charge in [0.05, 0.1) is 24.2 Å². The van der Waals surface area contributed by atoms with E-state index in [1.807, 2.05) is 0 Å². The topological polar surface area (TPSA) is 125 Å². The van der Waals surface area contributed by atoms with E-state index in [9.17, 15) is 28.9 Å². The van der Waals surface area contributed by atoms with E-state index in [1.165, 1.54) is 13.8 Å². The molecule has 0 aliphatic carbocycles. The summed E-state index contributed by atoms with van der Waals surface area (Å²) >= 11 is 0. The molecule has 1 rings (SSSR count). The molecule has 0 aliphatic rings. The van der Waals surface area contributed by atoms with Gasteiger partial charge in [-0.05, 0) is 26.0 Å². The molecule has 1 N–H and O–H groups in total. The number of amides is 1. The lowest BCUT2D eigenvalue weighted by Crippen LogP contribution is -2.62. The number of nitro benzene ring substituents is 1. The van der Waals surface area contributed by atoms with Crippen LogP contribution in [0.15, 0.2) is 18.2 Å². The molecular weight excluding hydrogens is 351 g/mol. The van der Waals surface area contributed by atoms with Crippen LogP contribution in [0.1, 0.15) is 26.3 Å². The molecule has 1 aromatic carbocycles. The molecule has 0 aromatic heterocycles. The second-order valence-electron chi connectivity index (χ2n) is 5.23. The maximum Gasteiger partial charge on any atom is 0.344 e. The number of benzene rings is 1. The van der Waals surface area contributed by atoms with Gasteiger partial charge in [-0.15, -0.1) is 0 Å². The number of nitrogens with zero attached hydrogens (tertiary/aromatic N) is 1. The fraction of sp³-hybridized carbons (Fsp3) is 0.438. The van der Waals surface area contributed by atoms with Gasteiger partial charge in [-0.3, -0.25) is 14.9 Å². The zero-order valence-electron chi connectivity index (χ0n) is 14.5. The molecule has 10 heteroatoms. The third kappa shape index (κ3) is 4.74. The van der Waals surface area contributed by atoms with Crippen molar-refractivity contribution in [1.29, 1.82) is 0 Å². The Bertz CT molecular complexity index is 703. The average Bonchev–Trinajstić information content (AvgIpc) is 2.55. The van der Waals surface area contributed by atoms with Crippen LogP contribution in [0.4, 0.5) is 10.1 Å². The van der Waals surface area contributed by atoms with E-state index in [0.29, 0.717) is 6.07 Å². The molecule has 0 heterocycles. The molecule has 0 radical (unpaired) electrons. The van der Waals surface area contributed by atoms with E-state index < -0.39 is 46.2 Å². The van der Waals surface area contributed by atoms with Crippen LogP contribution in [0.3, 0.4) is 0 Å². The highest BCUT2D eigenvalue weighted by Crippen LogP contribution is 2.26. The van der Waals surface area contributed by atoms with E-state index in [4.69, 9.17) is 9.47 Å². The predicted octanol–water partition coefficient (Wildman–Crippen LogP) is 1.28. The first-order valence-corrected chi connectivity index (χ1v) is 7.74. The van der Waals surface area contributed by atoms with E-state index in [2.05, 4.69) is 5.32 Å². The van der Waals surface area contributed by atoms with Gasteiger partial charge in [-0.25, -0.2) is 14.0 Å². The molecular formula is C16H19FN2O7. The van der Waals surface area contributed by atoms with Gasteiger partial charge in [0, 0.05) is 18.9 Å². The first kappa shape index (κ1) is 21.0. The zero-order valence-corrected chi connectivity index (χ0v) is 14.5. The number of carbonyl (C=O) groups excluding carboxylic acids is 3. The van der Waals surface area contributed by atoms with Crippen LogP contribution in [-0.2, 0) is 30.3 Å². The normalized spacial score (nSPS) is 10.8. The summed E-state index contributed by atoms with van der Waals surface area (Å²) in [5.74, 6) is -3.88. The highest BCUT2D eigenvalue weighted by molar-refractivity contribution is 6.08. The molecule has 1 aromatic rings. The average molecular weight is 370 g/mol. The molecule has 26 heavy (non-hydrogen) atoms. The quantitative estimate of drug-likeness (QED) is 0.316. The molecule has 9 nitrogen and oxygen atoms in total. The lowest BCUT2D eigenvalue weighted by Gasteiger charge is -2.29. The maximum absolute atomic E-state index is 13.4. The predicted molar refractivity (Wildman–Crippen MR) is 86.6 cm³/mol. The fourth-order valence-electron chi connectivity index (χ4n) is 2.33. The van der Waals surface area contributed by atoms with Gasteiger partial charge in [0.15, 0.2) is 0 Å². The highest BCUT2D eigenvalue weighted by Gasteiger charge is 2.51. The minimum absolute atomic E-state index is 0.106. The van der Waals surface area contributed by atoms with Crippen LogP contribution in [0.25, 0.3) is 0 Å². The van der Waals surface area contributed by atoms with Crippen molar-refractivity contribution in [2.45, 2.75) is 32.7 Å². The van der Waals surface area contributed by atoms with Crippen LogP contribution in [-0.4, -0.2) is 41.5 Å². The third-order valence-corrected chi connectivity index (χ3v) is 3.34. The number of nitro groups is 1. The molecule has 0 saturated carbocycles. The number of hydrogen-bond donors (Lipinski definition) is 1. The molecule has 0 saturated heterocycles. The smallest absolute Gasteiger partial charge is 0.344 e. The summed E-state index contributed by atoms with van der Waals surface area (Å²) < 4.78 is 23.1. The largest absolute Gasteiger partial charge is 0.464 e. The van der Waals surface area contributed by atoms with Crippen LogP contribution < -0.4 is 5.32 Å². The monoisotopic (exact) mass is 370 g/mol. The van der Waals surface area contributed by atoms with Crippen molar-refractivity contribution in [1.82, 2.24) is 5.32 Å². The van der Waals surface area contributed by atoms with E-state index in [-0.39, 0.29) is 18.8 Å². The summed E-state index contributed by atoms with van der Waals surface area (Å²) in [5.41, 5.74) is -3.12. The second-order valence-corrected chi connectivity index (χ2v) is 5.23.